The fourth-order valence-electron chi connectivity index (χ4n) is 8.55. The van der Waals surface area contributed by atoms with Gasteiger partial charge in [0.15, 0.2) is 0 Å². The molecule has 3 unspecified atom stereocenters. The standard InChI is InChI=1S/C54H108NO9P/c1-3-5-7-9-11-13-15-17-19-21-23-25-26-27-28-30-32-34-36-38-40-42-44-46-53(56)64-51(49-62-65(59,60)63-50-52(55)54(57)58)48-61-47-45-43-41-39-37-35-33-31-29-24-22-20-18-16-14-12-10-8-6-4-2/h51-52H,3-50,55H2,1-2H3,(H,57,58)(H,59,60). The van der Waals surface area contributed by atoms with E-state index in [2.05, 4.69) is 13.8 Å². The summed E-state index contributed by atoms with van der Waals surface area (Å²) in [6, 6.07) is -1.47. The lowest BCUT2D eigenvalue weighted by Crippen LogP contribution is -2.34. The number of carboxylic acid groups (broad SMARTS) is 1. The Morgan fingerprint density at radius 2 is 0.708 bits per heavy atom. The Balaban J connectivity index is 4.02. The zero-order valence-corrected chi connectivity index (χ0v) is 43.8. The lowest BCUT2D eigenvalue weighted by molar-refractivity contribution is -0.154. The maximum atomic E-state index is 12.7. The highest BCUT2D eigenvalue weighted by molar-refractivity contribution is 7.47. The van der Waals surface area contributed by atoms with Gasteiger partial charge in [0.1, 0.15) is 12.1 Å². The maximum absolute atomic E-state index is 12.7. The van der Waals surface area contributed by atoms with Gasteiger partial charge in [0.25, 0.3) is 0 Å². The van der Waals surface area contributed by atoms with Gasteiger partial charge in [0.2, 0.25) is 0 Å². The number of carbonyl (C=O) groups is 2. The number of carboxylic acids is 1. The van der Waals surface area contributed by atoms with E-state index in [0.29, 0.717) is 6.61 Å². The van der Waals surface area contributed by atoms with E-state index >= 15 is 0 Å². The van der Waals surface area contributed by atoms with E-state index in [0.717, 1.165) is 38.5 Å². The van der Waals surface area contributed by atoms with E-state index in [9.17, 15) is 19.0 Å². The van der Waals surface area contributed by atoms with Crippen molar-refractivity contribution < 1.29 is 42.7 Å². The van der Waals surface area contributed by atoms with Gasteiger partial charge >= 0.3 is 19.8 Å². The first-order chi connectivity index (χ1) is 31.7. The molecule has 0 aromatic heterocycles. The Hall–Kier alpha value is -1.03. The second kappa shape index (κ2) is 50.8. The largest absolute Gasteiger partial charge is 0.480 e. The SMILES string of the molecule is CCCCCCCCCCCCCCCCCCCCCCCCCC(=O)OC(COCCCCCCCCCCCCCCCCCCCCCC)COP(=O)(O)OCC(N)C(=O)O. The number of nitrogens with two attached hydrogens (primary N) is 1. The molecule has 0 aliphatic carbocycles. The summed E-state index contributed by atoms with van der Waals surface area (Å²) >= 11 is 0. The van der Waals surface area contributed by atoms with Crippen molar-refractivity contribution in [3.63, 3.8) is 0 Å². The Morgan fingerprint density at radius 3 is 1.02 bits per heavy atom. The van der Waals surface area contributed by atoms with Crippen LogP contribution in [0.15, 0.2) is 0 Å². The molecule has 10 nitrogen and oxygen atoms in total. The van der Waals surface area contributed by atoms with Gasteiger partial charge in [-0.2, -0.15) is 0 Å². The highest BCUT2D eigenvalue weighted by Crippen LogP contribution is 2.43. The summed E-state index contributed by atoms with van der Waals surface area (Å²) in [5.41, 5.74) is 5.39. The van der Waals surface area contributed by atoms with Gasteiger partial charge in [0.05, 0.1) is 19.8 Å². The van der Waals surface area contributed by atoms with Gasteiger partial charge in [-0.15, -0.1) is 0 Å². The molecule has 0 aliphatic heterocycles. The van der Waals surface area contributed by atoms with Crippen LogP contribution in [-0.4, -0.2) is 60.5 Å². The highest BCUT2D eigenvalue weighted by Gasteiger charge is 2.27. The number of hydrogen-bond acceptors (Lipinski definition) is 8. The van der Waals surface area contributed by atoms with E-state index in [1.54, 1.807) is 0 Å². The number of phosphoric acid groups is 1. The third-order valence-electron chi connectivity index (χ3n) is 12.9. The molecule has 0 aromatic rings. The van der Waals surface area contributed by atoms with Crippen LogP contribution in [0.1, 0.15) is 296 Å². The van der Waals surface area contributed by atoms with E-state index in [4.69, 9.17) is 29.4 Å². The predicted molar refractivity (Wildman–Crippen MR) is 273 cm³/mol. The van der Waals surface area contributed by atoms with Crippen molar-refractivity contribution in [3.8, 4) is 0 Å². The lowest BCUT2D eigenvalue weighted by Gasteiger charge is -2.20. The van der Waals surface area contributed by atoms with Gasteiger partial charge in [-0.1, -0.05) is 277 Å². The molecule has 0 amide bonds. The van der Waals surface area contributed by atoms with E-state index in [-0.39, 0.29) is 13.0 Å². The first-order valence-electron chi connectivity index (χ1n) is 28.1. The molecule has 11 heteroatoms. The molecule has 0 bridgehead atoms. The summed E-state index contributed by atoms with van der Waals surface area (Å²) in [7, 11) is -4.62. The smallest absolute Gasteiger partial charge is 0.472 e. The minimum absolute atomic E-state index is 0.0267. The summed E-state index contributed by atoms with van der Waals surface area (Å²) in [4.78, 5) is 33.8. The molecule has 388 valence electrons. The average Bonchev–Trinajstić information content (AvgIpc) is 3.29. The third-order valence-corrected chi connectivity index (χ3v) is 13.8. The average molecular weight is 946 g/mol. The molecular formula is C54H108NO9P. The van der Waals surface area contributed by atoms with Crippen molar-refractivity contribution >= 4 is 19.8 Å². The second-order valence-corrected chi connectivity index (χ2v) is 20.9. The van der Waals surface area contributed by atoms with Crippen LogP contribution >= 0.6 is 7.82 Å². The van der Waals surface area contributed by atoms with Gasteiger partial charge in [-0.25, -0.2) is 4.57 Å². The van der Waals surface area contributed by atoms with Crippen LogP contribution in [0.4, 0.5) is 0 Å². The first-order valence-corrected chi connectivity index (χ1v) is 29.6. The number of esters is 1. The molecule has 4 N–H and O–H groups in total. The third kappa shape index (κ3) is 50.7. The normalized spacial score (nSPS) is 13.5. The van der Waals surface area contributed by atoms with Crippen LogP contribution in [0.25, 0.3) is 0 Å². The number of unbranched alkanes of at least 4 members (excludes halogenated alkanes) is 41. The minimum atomic E-state index is -4.62. The van der Waals surface area contributed by atoms with Crippen molar-refractivity contribution in [3.05, 3.63) is 0 Å². The molecule has 0 aliphatic rings. The number of carbonyl (C=O) groups excluding carboxylic acids is 1. The molecule has 3 atom stereocenters. The summed E-state index contributed by atoms with van der Waals surface area (Å²) in [6.45, 7) is 3.97. The highest BCUT2D eigenvalue weighted by atomic mass is 31.2. The molecule has 0 spiro atoms. The van der Waals surface area contributed by atoms with Gasteiger partial charge < -0.3 is 25.2 Å². The van der Waals surface area contributed by atoms with Crippen LogP contribution in [-0.2, 0) is 32.7 Å². The quantitative estimate of drug-likeness (QED) is 0.0305. The van der Waals surface area contributed by atoms with Gasteiger partial charge in [-0.05, 0) is 12.8 Å². The molecule has 0 rings (SSSR count). The summed E-state index contributed by atoms with van der Waals surface area (Å²) in [6.07, 6.45) is 56.0. The number of rotatable bonds is 55. The molecule has 0 saturated carbocycles. The fraction of sp³-hybridized carbons (Fsp3) is 0.963. The number of phosphoric ester groups is 1. The molecule has 0 heterocycles. The monoisotopic (exact) mass is 946 g/mol. The zero-order chi connectivity index (χ0) is 47.6. The second-order valence-electron chi connectivity index (χ2n) is 19.4. The van der Waals surface area contributed by atoms with Crippen LogP contribution in [0, 0.1) is 0 Å². The predicted octanol–water partition coefficient (Wildman–Crippen LogP) is 16.7. The summed E-state index contributed by atoms with van der Waals surface area (Å²) in [5.74, 6) is -1.76. The lowest BCUT2D eigenvalue weighted by atomic mass is 10.0. The maximum Gasteiger partial charge on any atom is 0.472 e. The number of ether oxygens (including phenoxy) is 2. The van der Waals surface area contributed by atoms with Crippen molar-refractivity contribution in [2.75, 3.05) is 26.4 Å². The molecule has 0 aromatic carbocycles. The van der Waals surface area contributed by atoms with Crippen molar-refractivity contribution in [2.24, 2.45) is 5.73 Å². The molecule has 0 fully saturated rings. The molecule has 65 heavy (non-hydrogen) atoms. The molecular weight excluding hydrogens is 838 g/mol. The summed E-state index contributed by atoms with van der Waals surface area (Å²) < 4.78 is 33.6. The minimum Gasteiger partial charge on any atom is -0.480 e. The van der Waals surface area contributed by atoms with E-state index in [1.807, 2.05) is 0 Å². The zero-order valence-electron chi connectivity index (χ0n) is 42.9. The fourth-order valence-corrected chi connectivity index (χ4v) is 9.33. The van der Waals surface area contributed by atoms with Crippen LogP contribution < -0.4 is 5.73 Å². The number of aliphatic carboxylic acids is 1. The van der Waals surface area contributed by atoms with E-state index in [1.165, 1.54) is 238 Å². The van der Waals surface area contributed by atoms with Crippen molar-refractivity contribution in [1.82, 2.24) is 0 Å². The van der Waals surface area contributed by atoms with Crippen LogP contribution in [0.5, 0.6) is 0 Å². The Bertz CT molecular complexity index is 1050. The Labute approximate surface area is 401 Å². The van der Waals surface area contributed by atoms with Gasteiger partial charge in [-0.3, -0.25) is 18.6 Å². The molecule has 0 radical (unpaired) electrons. The Kier molecular flexibility index (Phi) is 50.0. The first kappa shape index (κ1) is 64.0. The van der Waals surface area contributed by atoms with Crippen molar-refractivity contribution in [2.45, 2.75) is 309 Å². The van der Waals surface area contributed by atoms with Crippen molar-refractivity contribution in [1.29, 1.82) is 0 Å². The summed E-state index contributed by atoms with van der Waals surface area (Å²) in [5, 5.41) is 8.94. The molecule has 0 saturated heterocycles. The van der Waals surface area contributed by atoms with Gasteiger partial charge in [0, 0.05) is 13.0 Å². The number of hydrogen-bond donors (Lipinski definition) is 3. The topological polar surface area (TPSA) is 155 Å². The Morgan fingerprint density at radius 1 is 0.431 bits per heavy atom. The van der Waals surface area contributed by atoms with Crippen LogP contribution in [0.3, 0.4) is 0 Å². The van der Waals surface area contributed by atoms with E-state index < -0.39 is 45.1 Å². The van der Waals surface area contributed by atoms with Crippen LogP contribution in [0.2, 0.25) is 0 Å².